The van der Waals surface area contributed by atoms with E-state index in [1.165, 1.54) is 32.4 Å². The lowest BCUT2D eigenvalue weighted by Gasteiger charge is -2.24. The molecule has 2 heterocycles. The summed E-state index contributed by atoms with van der Waals surface area (Å²) in [4.78, 5) is 13.9. The third-order valence-electron chi connectivity index (χ3n) is 4.40. The van der Waals surface area contributed by atoms with E-state index in [0.717, 1.165) is 29.7 Å². The number of hydrogen-bond donors (Lipinski definition) is 0. The molecule has 2 aliphatic rings. The Balaban J connectivity index is 1.77. The molecule has 0 amide bonds. The minimum Gasteiger partial charge on any atom is -0.359 e. The molecule has 0 spiro atoms. The normalized spacial score (nSPS) is 23.3. The average molecular weight is 295 g/mol. The SMILES string of the molecule is Cc1c(Cl)nc(C2CC2)nc1N(C)CC1CCN(C)C1. The maximum atomic E-state index is 6.29. The van der Waals surface area contributed by atoms with E-state index in [9.17, 15) is 0 Å². The fraction of sp³-hybridized carbons (Fsp3) is 0.733. The Morgan fingerprint density at radius 1 is 1.30 bits per heavy atom. The van der Waals surface area contributed by atoms with Crippen molar-refractivity contribution in [2.24, 2.45) is 5.92 Å². The first-order chi connectivity index (χ1) is 9.54. The van der Waals surface area contributed by atoms with Crippen molar-refractivity contribution < 1.29 is 0 Å². The lowest BCUT2D eigenvalue weighted by atomic mass is 10.1. The lowest BCUT2D eigenvalue weighted by Crippen LogP contribution is -2.29. The van der Waals surface area contributed by atoms with E-state index in [0.29, 0.717) is 11.1 Å². The van der Waals surface area contributed by atoms with Gasteiger partial charge in [-0.25, -0.2) is 9.97 Å². The molecule has 1 atom stereocenters. The van der Waals surface area contributed by atoms with Crippen LogP contribution in [0.15, 0.2) is 0 Å². The quantitative estimate of drug-likeness (QED) is 0.799. The van der Waals surface area contributed by atoms with Crippen LogP contribution in [0.3, 0.4) is 0 Å². The molecule has 0 N–H and O–H groups in total. The van der Waals surface area contributed by atoms with Crippen LogP contribution in [0.5, 0.6) is 0 Å². The Labute approximate surface area is 126 Å². The number of halogens is 1. The number of likely N-dealkylation sites (tertiary alicyclic amines) is 1. The van der Waals surface area contributed by atoms with Gasteiger partial charge in [-0.3, -0.25) is 0 Å². The monoisotopic (exact) mass is 294 g/mol. The minimum absolute atomic E-state index is 0.540. The number of aromatic nitrogens is 2. The molecular formula is C15H23ClN4. The van der Waals surface area contributed by atoms with E-state index in [2.05, 4.69) is 28.9 Å². The van der Waals surface area contributed by atoms with Crippen molar-refractivity contribution in [2.75, 3.05) is 38.6 Å². The highest BCUT2D eigenvalue weighted by Gasteiger charge is 2.29. The zero-order valence-electron chi connectivity index (χ0n) is 12.6. The molecule has 1 aromatic rings. The first-order valence-corrected chi connectivity index (χ1v) is 7.86. The van der Waals surface area contributed by atoms with Gasteiger partial charge in [-0.15, -0.1) is 0 Å². The van der Waals surface area contributed by atoms with E-state index in [1.807, 2.05) is 6.92 Å². The highest BCUT2D eigenvalue weighted by atomic mass is 35.5. The summed E-state index contributed by atoms with van der Waals surface area (Å²) >= 11 is 6.29. The Morgan fingerprint density at radius 3 is 2.65 bits per heavy atom. The van der Waals surface area contributed by atoms with Crippen LogP contribution in [0.1, 0.15) is 36.6 Å². The molecule has 1 unspecified atom stereocenters. The molecule has 0 radical (unpaired) electrons. The molecule has 1 aliphatic heterocycles. The molecule has 110 valence electrons. The zero-order valence-corrected chi connectivity index (χ0v) is 13.3. The summed E-state index contributed by atoms with van der Waals surface area (Å²) in [7, 11) is 4.32. The van der Waals surface area contributed by atoms with Gasteiger partial charge in [0.2, 0.25) is 0 Å². The van der Waals surface area contributed by atoms with Gasteiger partial charge in [-0.1, -0.05) is 11.6 Å². The molecule has 0 aromatic carbocycles. The van der Waals surface area contributed by atoms with E-state index in [4.69, 9.17) is 16.6 Å². The molecule has 1 saturated heterocycles. The second kappa shape index (κ2) is 5.49. The van der Waals surface area contributed by atoms with Crippen molar-refractivity contribution in [3.63, 3.8) is 0 Å². The van der Waals surface area contributed by atoms with Crippen LogP contribution in [0, 0.1) is 12.8 Å². The summed E-state index contributed by atoms with van der Waals surface area (Å²) in [5.74, 6) is 3.22. The van der Waals surface area contributed by atoms with Gasteiger partial charge in [-0.05, 0) is 45.7 Å². The first kappa shape index (κ1) is 14.1. The van der Waals surface area contributed by atoms with Crippen molar-refractivity contribution in [3.05, 3.63) is 16.5 Å². The van der Waals surface area contributed by atoms with Crippen molar-refractivity contribution in [2.45, 2.75) is 32.1 Å². The summed E-state index contributed by atoms with van der Waals surface area (Å²) in [6.07, 6.45) is 3.68. The molecule has 4 nitrogen and oxygen atoms in total. The van der Waals surface area contributed by atoms with Crippen LogP contribution < -0.4 is 4.90 Å². The Hall–Kier alpha value is -0.870. The van der Waals surface area contributed by atoms with Crippen molar-refractivity contribution in [3.8, 4) is 0 Å². The summed E-state index contributed by atoms with van der Waals surface area (Å²) in [5.41, 5.74) is 1.00. The van der Waals surface area contributed by atoms with Gasteiger partial charge < -0.3 is 9.80 Å². The Bertz CT molecular complexity index is 501. The highest BCUT2D eigenvalue weighted by molar-refractivity contribution is 6.30. The molecule has 0 bridgehead atoms. The molecular weight excluding hydrogens is 272 g/mol. The third-order valence-corrected chi connectivity index (χ3v) is 4.77. The highest BCUT2D eigenvalue weighted by Crippen LogP contribution is 2.39. The van der Waals surface area contributed by atoms with Gasteiger partial charge >= 0.3 is 0 Å². The van der Waals surface area contributed by atoms with Gasteiger partial charge in [0.25, 0.3) is 0 Å². The van der Waals surface area contributed by atoms with Crippen LogP contribution in [-0.4, -0.2) is 48.6 Å². The fourth-order valence-corrected chi connectivity index (χ4v) is 3.21. The summed E-state index contributed by atoms with van der Waals surface area (Å²) in [5, 5.41) is 0.618. The summed E-state index contributed by atoms with van der Waals surface area (Å²) in [6.45, 7) is 5.45. The molecule has 3 rings (SSSR count). The predicted octanol–water partition coefficient (Wildman–Crippen LogP) is 2.70. The molecule has 20 heavy (non-hydrogen) atoms. The largest absolute Gasteiger partial charge is 0.359 e. The second-order valence-electron chi connectivity index (χ2n) is 6.39. The summed E-state index contributed by atoms with van der Waals surface area (Å²) < 4.78 is 0. The third kappa shape index (κ3) is 2.91. The molecule has 1 aromatic heterocycles. The number of rotatable bonds is 4. The zero-order chi connectivity index (χ0) is 14.3. The van der Waals surface area contributed by atoms with Crippen LogP contribution in [0.2, 0.25) is 5.15 Å². The van der Waals surface area contributed by atoms with E-state index >= 15 is 0 Å². The topological polar surface area (TPSA) is 32.3 Å². The van der Waals surface area contributed by atoms with E-state index in [1.54, 1.807) is 0 Å². The van der Waals surface area contributed by atoms with Gasteiger partial charge in [0.05, 0.1) is 0 Å². The van der Waals surface area contributed by atoms with Gasteiger partial charge in [-0.2, -0.15) is 0 Å². The maximum Gasteiger partial charge on any atom is 0.137 e. The van der Waals surface area contributed by atoms with Crippen LogP contribution >= 0.6 is 11.6 Å². The molecule has 1 saturated carbocycles. The molecule has 1 aliphatic carbocycles. The first-order valence-electron chi connectivity index (χ1n) is 7.48. The van der Waals surface area contributed by atoms with Crippen molar-refractivity contribution in [1.29, 1.82) is 0 Å². The van der Waals surface area contributed by atoms with Crippen LogP contribution in [0.4, 0.5) is 5.82 Å². The number of nitrogens with zero attached hydrogens (tertiary/aromatic N) is 4. The van der Waals surface area contributed by atoms with Crippen molar-refractivity contribution >= 4 is 17.4 Å². The number of hydrogen-bond acceptors (Lipinski definition) is 4. The molecule has 2 fully saturated rings. The van der Waals surface area contributed by atoms with Crippen LogP contribution in [0.25, 0.3) is 0 Å². The summed E-state index contributed by atoms with van der Waals surface area (Å²) in [6, 6.07) is 0. The molecule has 5 heteroatoms. The van der Waals surface area contributed by atoms with Crippen LogP contribution in [-0.2, 0) is 0 Å². The minimum atomic E-state index is 0.540. The van der Waals surface area contributed by atoms with Crippen molar-refractivity contribution in [1.82, 2.24) is 14.9 Å². The lowest BCUT2D eigenvalue weighted by molar-refractivity contribution is 0.395. The van der Waals surface area contributed by atoms with E-state index < -0.39 is 0 Å². The Morgan fingerprint density at radius 2 is 2.05 bits per heavy atom. The predicted molar refractivity (Wildman–Crippen MR) is 82.6 cm³/mol. The van der Waals surface area contributed by atoms with Gasteiger partial charge in [0, 0.05) is 31.6 Å². The Kier molecular flexibility index (Phi) is 3.87. The average Bonchev–Trinajstić information content (AvgIpc) is 3.17. The smallest absolute Gasteiger partial charge is 0.137 e. The van der Waals surface area contributed by atoms with Gasteiger partial charge in [0.15, 0.2) is 0 Å². The number of anilines is 1. The fourth-order valence-electron chi connectivity index (χ4n) is 3.04. The second-order valence-corrected chi connectivity index (χ2v) is 6.75. The maximum absolute atomic E-state index is 6.29. The van der Waals surface area contributed by atoms with Gasteiger partial charge in [0.1, 0.15) is 16.8 Å². The standard InChI is InChI=1S/C15H23ClN4/c1-10-13(16)17-14(12-4-5-12)18-15(10)20(3)9-11-6-7-19(2)8-11/h11-12H,4-9H2,1-3H3. The van der Waals surface area contributed by atoms with E-state index in [-0.39, 0.29) is 0 Å².